The first-order valence-electron chi connectivity index (χ1n) is 4.77. The fourth-order valence-corrected chi connectivity index (χ4v) is 2.83. The Morgan fingerprint density at radius 3 is 3.00 bits per heavy atom. The van der Waals surface area contributed by atoms with Crippen molar-refractivity contribution < 1.29 is 9.90 Å². The molecule has 0 aliphatic carbocycles. The number of primary amides is 1. The van der Waals surface area contributed by atoms with Crippen molar-refractivity contribution in [2.75, 3.05) is 7.05 Å². The molecule has 3 atom stereocenters. The van der Waals surface area contributed by atoms with E-state index in [1.54, 1.807) is 0 Å². The van der Waals surface area contributed by atoms with Crippen LogP contribution in [-0.2, 0) is 4.79 Å². The Morgan fingerprint density at radius 2 is 2.38 bits per heavy atom. The molecule has 1 amide bonds. The van der Waals surface area contributed by atoms with Gasteiger partial charge in [0, 0.05) is 12.5 Å². The number of nitrogens with zero attached hydrogens (tertiary/aromatic N) is 1. The lowest BCUT2D eigenvalue weighted by molar-refractivity contribution is -0.133. The summed E-state index contributed by atoms with van der Waals surface area (Å²) in [6, 6.07) is 0.344. The third kappa shape index (κ3) is 1.09. The lowest BCUT2D eigenvalue weighted by Gasteiger charge is -2.42. The van der Waals surface area contributed by atoms with Gasteiger partial charge in [0.15, 0.2) is 0 Å². The number of aliphatic hydroxyl groups is 1. The molecule has 4 nitrogen and oxygen atoms in total. The van der Waals surface area contributed by atoms with Crippen molar-refractivity contribution >= 4 is 5.91 Å². The molecule has 2 bridgehead atoms. The van der Waals surface area contributed by atoms with Gasteiger partial charge >= 0.3 is 0 Å². The molecule has 2 aliphatic rings. The molecule has 2 rings (SSSR count). The summed E-state index contributed by atoms with van der Waals surface area (Å²) in [6.07, 6.45) is 2.73. The number of amides is 1. The van der Waals surface area contributed by atoms with E-state index in [1.165, 1.54) is 0 Å². The van der Waals surface area contributed by atoms with Crippen LogP contribution >= 0.6 is 0 Å². The second kappa shape index (κ2) is 2.69. The average Bonchev–Trinajstić information content (AvgIpc) is 2.31. The average molecular weight is 184 g/mol. The van der Waals surface area contributed by atoms with Crippen LogP contribution in [0.1, 0.15) is 25.7 Å². The molecule has 0 aromatic rings. The zero-order valence-electron chi connectivity index (χ0n) is 7.86. The highest BCUT2D eigenvalue weighted by Gasteiger charge is 2.53. The van der Waals surface area contributed by atoms with Crippen LogP contribution in [0.25, 0.3) is 0 Å². The minimum absolute atomic E-state index is 0.281. The molecule has 0 radical (unpaired) electrons. The van der Waals surface area contributed by atoms with E-state index in [0.717, 1.165) is 19.3 Å². The summed E-state index contributed by atoms with van der Waals surface area (Å²) >= 11 is 0. The zero-order valence-corrected chi connectivity index (χ0v) is 7.86. The van der Waals surface area contributed by atoms with E-state index in [-0.39, 0.29) is 12.0 Å². The van der Waals surface area contributed by atoms with Crippen LogP contribution in [0.4, 0.5) is 0 Å². The molecule has 0 spiro atoms. The Labute approximate surface area is 77.7 Å². The number of hydrogen-bond acceptors (Lipinski definition) is 3. The number of carbonyl (C=O) groups is 1. The van der Waals surface area contributed by atoms with Crippen LogP contribution in [0.2, 0.25) is 0 Å². The monoisotopic (exact) mass is 184 g/mol. The highest BCUT2D eigenvalue weighted by molar-refractivity contribution is 5.85. The van der Waals surface area contributed by atoms with Crippen molar-refractivity contribution in [3.05, 3.63) is 0 Å². The van der Waals surface area contributed by atoms with Gasteiger partial charge in [-0.25, -0.2) is 0 Å². The van der Waals surface area contributed by atoms with Crippen molar-refractivity contribution in [1.82, 2.24) is 4.90 Å². The summed E-state index contributed by atoms with van der Waals surface area (Å²) in [4.78, 5) is 13.4. The standard InChI is InChI=1S/C9H16N2O2/c1-11-6-2-3-9(11,8(10)13)5-7(12)4-6/h6-7,12H,2-5H2,1H3,(H2,10,13). The third-order valence-corrected chi connectivity index (χ3v) is 3.69. The summed E-state index contributed by atoms with van der Waals surface area (Å²) in [6.45, 7) is 0. The second-order valence-electron chi connectivity index (χ2n) is 4.29. The number of rotatable bonds is 1. The maximum atomic E-state index is 11.4. The predicted octanol–water partition coefficient (Wildman–Crippen LogP) is -0.541. The van der Waals surface area contributed by atoms with Gasteiger partial charge in [0.25, 0.3) is 0 Å². The molecule has 2 aliphatic heterocycles. The van der Waals surface area contributed by atoms with Gasteiger partial charge in [0.2, 0.25) is 5.91 Å². The van der Waals surface area contributed by atoms with Gasteiger partial charge in [-0.3, -0.25) is 9.69 Å². The lowest BCUT2D eigenvalue weighted by atomic mass is 9.86. The summed E-state index contributed by atoms with van der Waals surface area (Å²) in [5, 5.41) is 9.59. The van der Waals surface area contributed by atoms with Crippen molar-refractivity contribution in [3.63, 3.8) is 0 Å². The molecule has 0 saturated carbocycles. The van der Waals surface area contributed by atoms with Gasteiger partial charge < -0.3 is 10.8 Å². The van der Waals surface area contributed by atoms with E-state index in [4.69, 9.17) is 5.73 Å². The first-order valence-corrected chi connectivity index (χ1v) is 4.77. The topological polar surface area (TPSA) is 66.6 Å². The van der Waals surface area contributed by atoms with E-state index in [9.17, 15) is 9.90 Å². The number of nitrogens with two attached hydrogens (primary N) is 1. The highest BCUT2D eigenvalue weighted by Crippen LogP contribution is 2.42. The van der Waals surface area contributed by atoms with Crippen molar-refractivity contribution in [2.45, 2.75) is 43.4 Å². The molecular formula is C9H16N2O2. The van der Waals surface area contributed by atoms with Gasteiger partial charge in [-0.15, -0.1) is 0 Å². The summed E-state index contributed by atoms with van der Waals surface area (Å²) in [5.41, 5.74) is 4.85. The molecule has 2 saturated heterocycles. The summed E-state index contributed by atoms with van der Waals surface area (Å²) < 4.78 is 0. The Balaban J connectivity index is 2.30. The molecule has 2 fully saturated rings. The Kier molecular flexibility index (Phi) is 1.85. The molecule has 0 aromatic carbocycles. The number of piperidine rings is 1. The van der Waals surface area contributed by atoms with Crippen molar-refractivity contribution in [3.8, 4) is 0 Å². The molecule has 2 heterocycles. The van der Waals surface area contributed by atoms with Gasteiger partial charge in [0.1, 0.15) is 5.54 Å². The normalized spacial score (nSPS) is 45.1. The Hall–Kier alpha value is -0.610. The highest BCUT2D eigenvalue weighted by atomic mass is 16.3. The molecule has 0 aromatic heterocycles. The van der Waals surface area contributed by atoms with E-state index in [2.05, 4.69) is 4.90 Å². The number of fused-ring (bicyclic) bond motifs is 2. The fourth-order valence-electron chi connectivity index (χ4n) is 2.83. The largest absolute Gasteiger partial charge is 0.393 e. The number of hydrogen-bond donors (Lipinski definition) is 2. The van der Waals surface area contributed by atoms with E-state index < -0.39 is 5.54 Å². The molecular weight excluding hydrogens is 168 g/mol. The van der Waals surface area contributed by atoms with Crippen LogP contribution in [0.15, 0.2) is 0 Å². The van der Waals surface area contributed by atoms with Crippen LogP contribution < -0.4 is 5.73 Å². The van der Waals surface area contributed by atoms with Gasteiger partial charge in [0.05, 0.1) is 6.10 Å². The SMILES string of the molecule is CN1C2CCC1(C(N)=O)CC(O)C2. The molecule has 74 valence electrons. The maximum absolute atomic E-state index is 11.4. The smallest absolute Gasteiger partial charge is 0.238 e. The van der Waals surface area contributed by atoms with Gasteiger partial charge in [-0.05, 0) is 26.3 Å². The number of aliphatic hydroxyl groups excluding tert-OH is 1. The van der Waals surface area contributed by atoms with E-state index in [1.807, 2.05) is 7.05 Å². The van der Waals surface area contributed by atoms with Crippen LogP contribution in [0, 0.1) is 0 Å². The molecule has 13 heavy (non-hydrogen) atoms. The minimum atomic E-state index is -0.553. The second-order valence-corrected chi connectivity index (χ2v) is 4.29. The van der Waals surface area contributed by atoms with Gasteiger partial charge in [-0.1, -0.05) is 0 Å². The van der Waals surface area contributed by atoms with E-state index in [0.29, 0.717) is 12.5 Å². The first kappa shape index (κ1) is 8.97. The molecule has 3 unspecified atom stereocenters. The fraction of sp³-hybridized carbons (Fsp3) is 0.889. The zero-order chi connectivity index (χ0) is 9.64. The summed E-state index contributed by atoms with van der Waals surface area (Å²) in [7, 11) is 1.94. The number of carbonyl (C=O) groups excluding carboxylic acids is 1. The van der Waals surface area contributed by atoms with Crippen LogP contribution in [0.5, 0.6) is 0 Å². The van der Waals surface area contributed by atoms with Crippen molar-refractivity contribution in [2.24, 2.45) is 5.73 Å². The Morgan fingerprint density at radius 1 is 1.69 bits per heavy atom. The minimum Gasteiger partial charge on any atom is -0.393 e. The third-order valence-electron chi connectivity index (χ3n) is 3.69. The quantitative estimate of drug-likeness (QED) is 0.575. The van der Waals surface area contributed by atoms with E-state index >= 15 is 0 Å². The molecule has 3 N–H and O–H groups in total. The maximum Gasteiger partial charge on any atom is 0.238 e. The lowest BCUT2D eigenvalue weighted by Crippen LogP contribution is -2.59. The number of likely N-dealkylation sites (N-methyl/N-ethyl adjacent to an activating group) is 1. The van der Waals surface area contributed by atoms with Crippen molar-refractivity contribution in [1.29, 1.82) is 0 Å². The predicted molar refractivity (Wildman–Crippen MR) is 48.0 cm³/mol. The Bertz CT molecular complexity index is 244. The van der Waals surface area contributed by atoms with Gasteiger partial charge in [-0.2, -0.15) is 0 Å². The first-order chi connectivity index (χ1) is 6.06. The molecule has 4 heteroatoms. The summed E-state index contributed by atoms with van der Waals surface area (Å²) in [5.74, 6) is -0.281. The van der Waals surface area contributed by atoms with Crippen LogP contribution in [-0.4, -0.2) is 40.6 Å². The van der Waals surface area contributed by atoms with Crippen LogP contribution in [0.3, 0.4) is 0 Å².